The van der Waals surface area contributed by atoms with Gasteiger partial charge in [-0.05, 0) is 7.05 Å². The van der Waals surface area contributed by atoms with Crippen LogP contribution in [0.2, 0.25) is 0 Å². The van der Waals surface area contributed by atoms with Gasteiger partial charge < -0.3 is 20.8 Å². The van der Waals surface area contributed by atoms with Gasteiger partial charge in [-0.25, -0.2) is 22.7 Å². The van der Waals surface area contributed by atoms with Crippen molar-refractivity contribution < 1.29 is 28.2 Å². The number of carboxylic acid groups (broad SMARTS) is 1. The summed E-state index contributed by atoms with van der Waals surface area (Å²) in [5.74, 6) is -1.71. The molecule has 0 aromatic heterocycles. The zero-order valence-electron chi connectivity index (χ0n) is 9.13. The average molecular weight is 269 g/mol. The molecule has 17 heavy (non-hydrogen) atoms. The molecule has 5 N–H and O–H groups in total. The van der Waals surface area contributed by atoms with Crippen LogP contribution in [0.3, 0.4) is 0 Å². The summed E-state index contributed by atoms with van der Waals surface area (Å²) in [6.07, 6.45) is 0. The van der Waals surface area contributed by atoms with Crippen LogP contribution >= 0.6 is 0 Å². The Morgan fingerprint density at radius 1 is 1.35 bits per heavy atom. The van der Waals surface area contributed by atoms with Gasteiger partial charge in [0, 0.05) is 6.54 Å². The van der Waals surface area contributed by atoms with E-state index in [-0.39, 0.29) is 12.3 Å². The smallest absolute Gasteiger partial charge is 0.328 e. The number of carbonyl (C=O) groups excluding carboxylic acids is 1. The van der Waals surface area contributed by atoms with Crippen molar-refractivity contribution in [2.24, 2.45) is 0 Å². The number of sulfonamides is 1. The van der Waals surface area contributed by atoms with Crippen molar-refractivity contribution in [3.63, 3.8) is 0 Å². The molecule has 1 atom stereocenters. The zero-order chi connectivity index (χ0) is 13.5. The van der Waals surface area contributed by atoms with Gasteiger partial charge in [0.1, 0.15) is 0 Å². The maximum atomic E-state index is 11.1. The van der Waals surface area contributed by atoms with Crippen LogP contribution in [0, 0.1) is 0 Å². The highest BCUT2D eigenvalue weighted by molar-refractivity contribution is 7.89. The van der Waals surface area contributed by atoms with Gasteiger partial charge in [-0.15, -0.1) is 0 Å². The lowest BCUT2D eigenvalue weighted by molar-refractivity contribution is -0.140. The van der Waals surface area contributed by atoms with Crippen molar-refractivity contribution in [1.82, 2.24) is 15.4 Å². The van der Waals surface area contributed by atoms with E-state index < -0.39 is 34.7 Å². The van der Waals surface area contributed by atoms with Crippen LogP contribution in [0.5, 0.6) is 0 Å². The summed E-state index contributed by atoms with van der Waals surface area (Å²) < 4.78 is 24.0. The Balaban J connectivity index is 4.00. The summed E-state index contributed by atoms with van der Waals surface area (Å²) >= 11 is 0. The van der Waals surface area contributed by atoms with Gasteiger partial charge in [0.15, 0.2) is 6.04 Å². The van der Waals surface area contributed by atoms with Gasteiger partial charge in [0.05, 0.1) is 12.4 Å². The third-order valence-electron chi connectivity index (χ3n) is 1.75. The minimum Gasteiger partial charge on any atom is -0.480 e. The molecule has 0 aromatic rings. The maximum absolute atomic E-state index is 11.1. The molecule has 2 amide bonds. The molecule has 0 aliphatic carbocycles. The number of hydrogen-bond donors (Lipinski definition) is 5. The van der Waals surface area contributed by atoms with Crippen LogP contribution < -0.4 is 15.4 Å². The van der Waals surface area contributed by atoms with E-state index in [2.05, 4.69) is 10.0 Å². The van der Waals surface area contributed by atoms with Gasteiger partial charge in [-0.1, -0.05) is 0 Å². The second kappa shape index (κ2) is 7.04. The van der Waals surface area contributed by atoms with Crippen LogP contribution in [0.1, 0.15) is 0 Å². The number of hydrogen-bond acceptors (Lipinski definition) is 5. The van der Waals surface area contributed by atoms with Gasteiger partial charge in [-0.3, -0.25) is 0 Å². The molecule has 0 radical (unpaired) electrons. The molecule has 9 nitrogen and oxygen atoms in total. The Labute approximate surface area is 98.3 Å². The Kier molecular flexibility index (Phi) is 6.46. The fourth-order valence-electron chi connectivity index (χ4n) is 0.796. The van der Waals surface area contributed by atoms with Crippen molar-refractivity contribution in [2.75, 3.05) is 26.0 Å². The molecular formula is C7H15N3O6S. The molecule has 100 valence electrons. The average Bonchev–Trinajstić information content (AvgIpc) is 2.25. The monoisotopic (exact) mass is 269 g/mol. The summed E-state index contributed by atoms with van der Waals surface area (Å²) in [4.78, 5) is 21.5. The van der Waals surface area contributed by atoms with Crippen molar-refractivity contribution in [2.45, 2.75) is 6.04 Å². The van der Waals surface area contributed by atoms with Crippen LogP contribution in [-0.2, 0) is 14.8 Å². The summed E-state index contributed by atoms with van der Waals surface area (Å²) in [5, 5.41) is 21.2. The lowest BCUT2D eigenvalue weighted by atomic mass is 10.3. The van der Waals surface area contributed by atoms with Crippen LogP contribution in [0.15, 0.2) is 0 Å². The molecule has 0 bridgehead atoms. The molecule has 0 fully saturated rings. The highest BCUT2D eigenvalue weighted by Gasteiger charge is 2.18. The highest BCUT2D eigenvalue weighted by atomic mass is 32.2. The standard InChI is InChI=1S/C7H15N3O6S/c1-8-17(15,16)3-2-9-7(14)10-5(4-11)6(12)13/h5,8,11H,2-4H2,1H3,(H,12,13)(H2,9,10,14). The minimum atomic E-state index is -3.42. The number of carbonyl (C=O) groups is 2. The number of urea groups is 1. The van der Waals surface area contributed by atoms with E-state index in [0.29, 0.717) is 0 Å². The molecule has 0 spiro atoms. The summed E-state index contributed by atoms with van der Waals surface area (Å²) in [6.45, 7) is -0.926. The van der Waals surface area contributed by atoms with E-state index in [1.165, 1.54) is 7.05 Å². The van der Waals surface area contributed by atoms with Crippen molar-refractivity contribution in [3.8, 4) is 0 Å². The second-order valence-electron chi connectivity index (χ2n) is 3.00. The van der Waals surface area contributed by atoms with E-state index in [9.17, 15) is 18.0 Å². The van der Waals surface area contributed by atoms with Gasteiger partial charge in [0.2, 0.25) is 10.0 Å². The van der Waals surface area contributed by atoms with Crippen molar-refractivity contribution in [3.05, 3.63) is 0 Å². The predicted octanol–water partition coefficient (Wildman–Crippen LogP) is -2.72. The number of aliphatic hydroxyl groups is 1. The molecule has 0 heterocycles. The quantitative estimate of drug-likeness (QED) is 0.339. The fourth-order valence-corrected chi connectivity index (χ4v) is 1.37. The topological polar surface area (TPSA) is 145 Å². The van der Waals surface area contributed by atoms with E-state index in [1.54, 1.807) is 0 Å². The Morgan fingerprint density at radius 2 is 1.94 bits per heavy atom. The zero-order valence-corrected chi connectivity index (χ0v) is 9.95. The van der Waals surface area contributed by atoms with Crippen LogP contribution in [0.4, 0.5) is 4.79 Å². The molecule has 0 saturated carbocycles. The van der Waals surface area contributed by atoms with Crippen LogP contribution in [0.25, 0.3) is 0 Å². The number of nitrogens with one attached hydrogen (secondary N) is 3. The third-order valence-corrected chi connectivity index (χ3v) is 3.12. The third kappa shape index (κ3) is 6.71. The SMILES string of the molecule is CNS(=O)(=O)CCNC(=O)NC(CO)C(=O)O. The lowest BCUT2D eigenvalue weighted by Gasteiger charge is -2.12. The van der Waals surface area contributed by atoms with Crippen molar-refractivity contribution >= 4 is 22.0 Å². The number of rotatable bonds is 7. The van der Waals surface area contributed by atoms with E-state index in [1.807, 2.05) is 5.32 Å². The first-order valence-electron chi connectivity index (χ1n) is 4.61. The predicted molar refractivity (Wildman–Crippen MR) is 57.9 cm³/mol. The first-order valence-corrected chi connectivity index (χ1v) is 6.27. The first kappa shape index (κ1) is 15.6. The Hall–Kier alpha value is -1.39. The molecule has 0 aromatic carbocycles. The minimum absolute atomic E-state index is 0.174. The highest BCUT2D eigenvalue weighted by Crippen LogP contribution is 1.83. The number of aliphatic carboxylic acids is 1. The van der Waals surface area contributed by atoms with E-state index in [0.717, 1.165) is 0 Å². The normalized spacial score (nSPS) is 12.8. The largest absolute Gasteiger partial charge is 0.480 e. The second-order valence-corrected chi connectivity index (χ2v) is 5.04. The van der Waals surface area contributed by atoms with Gasteiger partial charge >= 0.3 is 12.0 Å². The summed E-state index contributed by atoms with van der Waals surface area (Å²) in [7, 11) is -2.19. The van der Waals surface area contributed by atoms with Gasteiger partial charge in [0.25, 0.3) is 0 Å². The maximum Gasteiger partial charge on any atom is 0.328 e. The van der Waals surface area contributed by atoms with Crippen molar-refractivity contribution in [1.29, 1.82) is 0 Å². The number of carboxylic acids is 1. The van der Waals surface area contributed by atoms with Gasteiger partial charge in [-0.2, -0.15) is 0 Å². The summed E-state index contributed by atoms with van der Waals surface area (Å²) in [5.41, 5.74) is 0. The Bertz CT molecular complexity index is 368. The molecule has 0 saturated heterocycles. The lowest BCUT2D eigenvalue weighted by Crippen LogP contribution is -2.48. The molecule has 0 rings (SSSR count). The van der Waals surface area contributed by atoms with E-state index >= 15 is 0 Å². The number of amides is 2. The molecule has 1 unspecified atom stereocenters. The molecule has 0 aliphatic rings. The van der Waals surface area contributed by atoms with Crippen LogP contribution in [-0.4, -0.2) is 62.6 Å². The summed E-state index contributed by atoms with van der Waals surface area (Å²) in [6, 6.07) is -2.28. The van der Waals surface area contributed by atoms with E-state index in [4.69, 9.17) is 10.2 Å². The fraction of sp³-hybridized carbons (Fsp3) is 0.714. The molecular weight excluding hydrogens is 254 g/mol. The first-order chi connectivity index (χ1) is 7.82. The molecule has 10 heteroatoms. The number of aliphatic hydroxyl groups excluding tert-OH is 1. The molecule has 0 aliphatic heterocycles. The Morgan fingerprint density at radius 3 is 2.35 bits per heavy atom.